The SMILES string of the molecule is Cc1sc(CCNC2CCCC2)nc1-c1ccc(F)cc1. The van der Waals surface area contributed by atoms with Crippen LogP contribution in [0.4, 0.5) is 4.39 Å². The molecule has 1 fully saturated rings. The highest BCUT2D eigenvalue weighted by atomic mass is 32.1. The van der Waals surface area contributed by atoms with E-state index in [9.17, 15) is 4.39 Å². The van der Waals surface area contributed by atoms with Gasteiger partial charge >= 0.3 is 0 Å². The second-order valence-electron chi connectivity index (χ2n) is 5.70. The lowest BCUT2D eigenvalue weighted by Crippen LogP contribution is -2.27. The van der Waals surface area contributed by atoms with Crippen molar-refractivity contribution in [1.29, 1.82) is 0 Å². The molecule has 0 unspecified atom stereocenters. The maximum absolute atomic E-state index is 13.0. The number of halogens is 1. The van der Waals surface area contributed by atoms with Gasteiger partial charge in [0, 0.05) is 29.4 Å². The summed E-state index contributed by atoms with van der Waals surface area (Å²) in [5.41, 5.74) is 2.00. The molecule has 112 valence electrons. The lowest BCUT2D eigenvalue weighted by atomic mass is 10.1. The first-order valence-corrected chi connectivity index (χ1v) is 8.49. The van der Waals surface area contributed by atoms with Crippen molar-refractivity contribution in [2.45, 2.75) is 45.1 Å². The van der Waals surface area contributed by atoms with E-state index in [4.69, 9.17) is 4.98 Å². The van der Waals surface area contributed by atoms with Gasteiger partial charge in [-0.15, -0.1) is 11.3 Å². The van der Waals surface area contributed by atoms with Crippen molar-refractivity contribution < 1.29 is 4.39 Å². The van der Waals surface area contributed by atoms with Gasteiger partial charge in [0.05, 0.1) is 10.7 Å². The second-order valence-corrected chi connectivity index (χ2v) is 6.99. The summed E-state index contributed by atoms with van der Waals surface area (Å²) in [6.07, 6.45) is 6.34. The van der Waals surface area contributed by atoms with Crippen molar-refractivity contribution in [2.75, 3.05) is 6.54 Å². The lowest BCUT2D eigenvalue weighted by molar-refractivity contribution is 0.527. The van der Waals surface area contributed by atoms with E-state index in [-0.39, 0.29) is 5.82 Å². The lowest BCUT2D eigenvalue weighted by Gasteiger charge is -2.10. The first kappa shape index (κ1) is 14.7. The smallest absolute Gasteiger partial charge is 0.123 e. The molecule has 0 atom stereocenters. The number of hydrogen-bond acceptors (Lipinski definition) is 3. The predicted molar refractivity (Wildman–Crippen MR) is 86.2 cm³/mol. The largest absolute Gasteiger partial charge is 0.314 e. The van der Waals surface area contributed by atoms with Gasteiger partial charge in [0.1, 0.15) is 5.82 Å². The number of nitrogens with one attached hydrogen (secondary N) is 1. The van der Waals surface area contributed by atoms with Crippen molar-refractivity contribution in [3.8, 4) is 11.3 Å². The molecule has 0 bridgehead atoms. The maximum atomic E-state index is 13.0. The van der Waals surface area contributed by atoms with Crippen molar-refractivity contribution in [3.63, 3.8) is 0 Å². The minimum atomic E-state index is -0.201. The van der Waals surface area contributed by atoms with Gasteiger partial charge in [-0.05, 0) is 44.0 Å². The van der Waals surface area contributed by atoms with E-state index in [0.717, 1.165) is 29.2 Å². The third-order valence-electron chi connectivity index (χ3n) is 4.09. The summed E-state index contributed by atoms with van der Waals surface area (Å²) in [4.78, 5) is 5.94. The van der Waals surface area contributed by atoms with Crippen LogP contribution in [0.25, 0.3) is 11.3 Å². The zero-order valence-electron chi connectivity index (χ0n) is 12.4. The average Bonchev–Trinajstić information content (AvgIpc) is 3.10. The molecule has 4 heteroatoms. The molecule has 0 saturated heterocycles. The van der Waals surface area contributed by atoms with E-state index < -0.39 is 0 Å². The molecular weight excluding hydrogens is 283 g/mol. The second kappa shape index (κ2) is 6.67. The topological polar surface area (TPSA) is 24.9 Å². The summed E-state index contributed by atoms with van der Waals surface area (Å²) in [7, 11) is 0. The summed E-state index contributed by atoms with van der Waals surface area (Å²) in [6.45, 7) is 3.09. The molecule has 2 aromatic rings. The van der Waals surface area contributed by atoms with Crippen LogP contribution < -0.4 is 5.32 Å². The van der Waals surface area contributed by atoms with E-state index >= 15 is 0 Å². The fraction of sp³-hybridized carbons (Fsp3) is 0.471. The van der Waals surface area contributed by atoms with Gasteiger partial charge in [-0.1, -0.05) is 12.8 Å². The maximum Gasteiger partial charge on any atom is 0.123 e. The Hall–Kier alpha value is -1.26. The third-order valence-corrected chi connectivity index (χ3v) is 5.12. The van der Waals surface area contributed by atoms with Crippen LogP contribution in [0, 0.1) is 12.7 Å². The third kappa shape index (κ3) is 3.69. The van der Waals surface area contributed by atoms with Crippen LogP contribution in [0.5, 0.6) is 0 Å². The van der Waals surface area contributed by atoms with Crippen molar-refractivity contribution in [2.24, 2.45) is 0 Å². The molecular formula is C17H21FN2S. The first-order chi connectivity index (χ1) is 10.2. The molecule has 21 heavy (non-hydrogen) atoms. The summed E-state index contributed by atoms with van der Waals surface area (Å²) >= 11 is 1.75. The molecule has 0 radical (unpaired) electrons. The fourth-order valence-corrected chi connectivity index (χ4v) is 3.90. The first-order valence-electron chi connectivity index (χ1n) is 7.68. The Morgan fingerprint density at radius 3 is 2.67 bits per heavy atom. The van der Waals surface area contributed by atoms with E-state index in [2.05, 4.69) is 12.2 Å². The standard InChI is InChI=1S/C17H21FN2S/c1-12-17(13-6-8-14(18)9-7-13)20-16(21-12)10-11-19-15-4-2-3-5-15/h6-9,15,19H,2-5,10-11H2,1H3. The quantitative estimate of drug-likeness (QED) is 0.889. The normalized spacial score (nSPS) is 15.7. The average molecular weight is 304 g/mol. The van der Waals surface area contributed by atoms with Crippen molar-refractivity contribution in [3.05, 3.63) is 40.0 Å². The molecule has 1 aromatic carbocycles. The van der Waals surface area contributed by atoms with Crippen LogP contribution in [0.1, 0.15) is 35.6 Å². The highest BCUT2D eigenvalue weighted by molar-refractivity contribution is 7.12. The van der Waals surface area contributed by atoms with E-state index in [1.165, 1.54) is 42.7 Å². The van der Waals surface area contributed by atoms with Crippen LogP contribution in [-0.4, -0.2) is 17.6 Å². The van der Waals surface area contributed by atoms with Crippen LogP contribution in [0.2, 0.25) is 0 Å². The van der Waals surface area contributed by atoms with Crippen LogP contribution in [0.15, 0.2) is 24.3 Å². The fourth-order valence-electron chi connectivity index (χ4n) is 2.95. The summed E-state index contributed by atoms with van der Waals surface area (Å²) < 4.78 is 13.0. The Morgan fingerprint density at radius 2 is 1.95 bits per heavy atom. The zero-order chi connectivity index (χ0) is 14.7. The van der Waals surface area contributed by atoms with Gasteiger partial charge in [0.2, 0.25) is 0 Å². The predicted octanol–water partition coefficient (Wildman–Crippen LogP) is 4.33. The van der Waals surface area contributed by atoms with E-state index in [1.807, 2.05) is 0 Å². The minimum absolute atomic E-state index is 0.201. The van der Waals surface area contributed by atoms with Crippen LogP contribution in [-0.2, 0) is 6.42 Å². The number of hydrogen-bond donors (Lipinski definition) is 1. The molecule has 0 spiro atoms. The van der Waals surface area contributed by atoms with Gasteiger partial charge in [0.15, 0.2) is 0 Å². The molecule has 1 heterocycles. The Bertz CT molecular complexity index is 585. The van der Waals surface area contributed by atoms with Crippen LogP contribution >= 0.6 is 11.3 Å². The van der Waals surface area contributed by atoms with Gasteiger partial charge < -0.3 is 5.32 Å². The van der Waals surface area contributed by atoms with Gasteiger partial charge in [-0.3, -0.25) is 0 Å². The molecule has 1 N–H and O–H groups in total. The molecule has 1 aromatic heterocycles. The molecule has 1 aliphatic rings. The number of benzene rings is 1. The van der Waals surface area contributed by atoms with Crippen molar-refractivity contribution in [1.82, 2.24) is 10.3 Å². The highest BCUT2D eigenvalue weighted by Crippen LogP contribution is 2.28. The van der Waals surface area contributed by atoms with E-state index in [1.54, 1.807) is 23.5 Å². The van der Waals surface area contributed by atoms with Crippen molar-refractivity contribution >= 4 is 11.3 Å². The number of nitrogens with zero attached hydrogens (tertiary/aromatic N) is 1. The highest BCUT2D eigenvalue weighted by Gasteiger charge is 2.14. The number of aryl methyl sites for hydroxylation is 1. The Kier molecular flexibility index (Phi) is 4.66. The molecule has 0 aliphatic heterocycles. The minimum Gasteiger partial charge on any atom is -0.314 e. The molecule has 3 rings (SSSR count). The Morgan fingerprint density at radius 1 is 1.24 bits per heavy atom. The summed E-state index contributed by atoms with van der Waals surface area (Å²) in [5, 5.41) is 4.79. The van der Waals surface area contributed by atoms with Crippen LogP contribution in [0.3, 0.4) is 0 Å². The summed E-state index contributed by atoms with van der Waals surface area (Å²) in [6, 6.07) is 7.31. The molecule has 0 amide bonds. The molecule has 1 saturated carbocycles. The summed E-state index contributed by atoms with van der Waals surface area (Å²) in [5.74, 6) is -0.201. The molecule has 1 aliphatic carbocycles. The number of aromatic nitrogens is 1. The molecule has 2 nitrogen and oxygen atoms in total. The Labute approximate surface area is 129 Å². The van der Waals surface area contributed by atoms with Gasteiger partial charge in [-0.25, -0.2) is 9.37 Å². The number of thiazole rings is 1. The number of rotatable bonds is 5. The monoisotopic (exact) mass is 304 g/mol. The van der Waals surface area contributed by atoms with Gasteiger partial charge in [0.25, 0.3) is 0 Å². The van der Waals surface area contributed by atoms with E-state index in [0.29, 0.717) is 6.04 Å². The Balaban J connectivity index is 1.62. The zero-order valence-corrected chi connectivity index (χ0v) is 13.2. The van der Waals surface area contributed by atoms with Gasteiger partial charge in [-0.2, -0.15) is 0 Å².